The molecule has 3 N–H and O–H groups in total. The molecule has 1 aromatic carbocycles. The normalized spacial score (nSPS) is 11.3. The van der Waals surface area contributed by atoms with Crippen molar-refractivity contribution in [2.45, 2.75) is 18.4 Å². The summed E-state index contributed by atoms with van der Waals surface area (Å²) in [5.74, 6) is -0.831. The van der Waals surface area contributed by atoms with Gasteiger partial charge in [-0.2, -0.15) is 0 Å². The lowest BCUT2D eigenvalue weighted by Crippen LogP contribution is -2.16. The molecule has 0 saturated carbocycles. The average molecular weight is 295 g/mol. The minimum absolute atomic E-state index is 0.145. The van der Waals surface area contributed by atoms with Crippen molar-refractivity contribution in [2.75, 3.05) is 4.72 Å². The molecule has 0 bridgehead atoms. The van der Waals surface area contributed by atoms with Crippen LogP contribution in [0.15, 0.2) is 41.4 Å². The fourth-order valence-electron chi connectivity index (χ4n) is 1.68. The highest BCUT2D eigenvalue weighted by molar-refractivity contribution is 7.92. The molecule has 0 amide bonds. The molecular formula is C13H14FN3O2S. The predicted octanol–water partition coefficient (Wildman–Crippen LogP) is 1.79. The molecule has 1 heterocycles. The Morgan fingerprint density at radius 1 is 1.35 bits per heavy atom. The molecule has 0 saturated heterocycles. The highest BCUT2D eigenvalue weighted by Crippen LogP contribution is 2.21. The number of hydrogen-bond donors (Lipinski definition) is 2. The van der Waals surface area contributed by atoms with E-state index >= 15 is 0 Å². The van der Waals surface area contributed by atoms with Crippen molar-refractivity contribution in [3.63, 3.8) is 0 Å². The first-order valence-corrected chi connectivity index (χ1v) is 7.35. The summed E-state index contributed by atoms with van der Waals surface area (Å²) >= 11 is 0. The summed E-state index contributed by atoms with van der Waals surface area (Å²) < 4.78 is 40.5. The number of nitrogens with one attached hydrogen (secondary N) is 1. The summed E-state index contributed by atoms with van der Waals surface area (Å²) in [4.78, 5) is 3.55. The molecule has 0 radical (unpaired) electrons. The minimum atomic E-state index is -4.00. The Balaban J connectivity index is 2.39. The summed E-state index contributed by atoms with van der Waals surface area (Å²) in [7, 11) is -4.00. The van der Waals surface area contributed by atoms with E-state index in [1.807, 2.05) is 0 Å². The van der Waals surface area contributed by atoms with Gasteiger partial charge in [-0.3, -0.25) is 9.71 Å². The van der Waals surface area contributed by atoms with Crippen molar-refractivity contribution in [3.05, 3.63) is 53.6 Å². The van der Waals surface area contributed by atoms with E-state index in [0.717, 1.165) is 6.07 Å². The number of sulfonamides is 1. The van der Waals surface area contributed by atoms with Crippen molar-refractivity contribution in [2.24, 2.45) is 5.73 Å². The van der Waals surface area contributed by atoms with Gasteiger partial charge in [-0.25, -0.2) is 12.8 Å². The Kier molecular flexibility index (Phi) is 4.01. The molecule has 106 valence electrons. The lowest BCUT2D eigenvalue weighted by Gasteiger charge is -2.11. The van der Waals surface area contributed by atoms with Crippen LogP contribution in [0.25, 0.3) is 0 Å². The monoisotopic (exact) mass is 295 g/mol. The molecule has 0 aliphatic rings. The third kappa shape index (κ3) is 2.94. The second-order valence-electron chi connectivity index (χ2n) is 4.21. The molecule has 0 unspecified atom stereocenters. The molecule has 2 aromatic rings. The van der Waals surface area contributed by atoms with E-state index in [2.05, 4.69) is 9.71 Å². The van der Waals surface area contributed by atoms with Gasteiger partial charge in [0.05, 0.1) is 11.4 Å². The van der Waals surface area contributed by atoms with E-state index < -0.39 is 20.7 Å². The zero-order valence-electron chi connectivity index (χ0n) is 10.8. The third-order valence-corrected chi connectivity index (χ3v) is 4.17. The lowest BCUT2D eigenvalue weighted by atomic mass is 10.2. The van der Waals surface area contributed by atoms with Crippen LogP contribution in [0.2, 0.25) is 0 Å². The maximum atomic E-state index is 13.8. The van der Waals surface area contributed by atoms with Crippen LogP contribution in [0.4, 0.5) is 10.1 Å². The molecule has 0 spiro atoms. The number of hydrogen-bond acceptors (Lipinski definition) is 4. The highest BCUT2D eigenvalue weighted by Gasteiger charge is 2.20. The van der Waals surface area contributed by atoms with Gasteiger partial charge < -0.3 is 5.73 Å². The van der Waals surface area contributed by atoms with Crippen molar-refractivity contribution < 1.29 is 12.8 Å². The van der Waals surface area contributed by atoms with Crippen LogP contribution in [0, 0.1) is 12.7 Å². The standard InChI is InChI=1S/C13H14FN3O2S/c1-9-12(3-2-6-16-9)17-20(18,19)13-5-4-10(8-15)7-11(13)14/h2-7,17H,8,15H2,1H3. The Labute approximate surface area is 116 Å². The molecule has 0 atom stereocenters. The fourth-order valence-corrected chi connectivity index (χ4v) is 2.86. The largest absolute Gasteiger partial charge is 0.326 e. The Morgan fingerprint density at radius 3 is 2.70 bits per heavy atom. The maximum Gasteiger partial charge on any atom is 0.264 e. The van der Waals surface area contributed by atoms with Crippen LogP contribution < -0.4 is 10.5 Å². The SMILES string of the molecule is Cc1ncccc1NS(=O)(=O)c1ccc(CN)cc1F. The molecule has 2 rings (SSSR count). The van der Waals surface area contributed by atoms with Crippen molar-refractivity contribution >= 4 is 15.7 Å². The Morgan fingerprint density at radius 2 is 2.10 bits per heavy atom. The minimum Gasteiger partial charge on any atom is -0.326 e. The summed E-state index contributed by atoms with van der Waals surface area (Å²) in [6, 6.07) is 6.95. The smallest absolute Gasteiger partial charge is 0.264 e. The average Bonchev–Trinajstić information content (AvgIpc) is 2.40. The van der Waals surface area contributed by atoms with Gasteiger partial charge in [0, 0.05) is 12.7 Å². The number of pyridine rings is 1. The summed E-state index contributed by atoms with van der Waals surface area (Å²) in [6.07, 6.45) is 1.55. The van der Waals surface area contributed by atoms with Gasteiger partial charge in [0.1, 0.15) is 10.7 Å². The van der Waals surface area contributed by atoms with Gasteiger partial charge in [-0.1, -0.05) is 6.07 Å². The van der Waals surface area contributed by atoms with Gasteiger partial charge in [0.25, 0.3) is 10.0 Å². The molecule has 0 aliphatic carbocycles. The van der Waals surface area contributed by atoms with E-state index in [1.54, 1.807) is 25.3 Å². The van der Waals surface area contributed by atoms with Crippen LogP contribution in [-0.2, 0) is 16.6 Å². The zero-order chi connectivity index (χ0) is 14.8. The number of nitrogens with two attached hydrogens (primary N) is 1. The van der Waals surface area contributed by atoms with Gasteiger partial charge in [-0.15, -0.1) is 0 Å². The second-order valence-corrected chi connectivity index (χ2v) is 5.86. The van der Waals surface area contributed by atoms with Crippen LogP contribution in [0.3, 0.4) is 0 Å². The molecule has 0 fully saturated rings. The summed E-state index contributed by atoms with van der Waals surface area (Å²) in [5.41, 5.74) is 6.73. The third-order valence-electron chi connectivity index (χ3n) is 2.77. The van der Waals surface area contributed by atoms with Gasteiger partial charge in [0.15, 0.2) is 0 Å². The number of aryl methyl sites for hydroxylation is 1. The highest BCUT2D eigenvalue weighted by atomic mass is 32.2. The van der Waals surface area contributed by atoms with E-state index in [0.29, 0.717) is 16.9 Å². The number of aromatic nitrogens is 1. The molecule has 20 heavy (non-hydrogen) atoms. The number of anilines is 1. The van der Waals surface area contributed by atoms with Gasteiger partial charge in [0.2, 0.25) is 0 Å². The summed E-state index contributed by atoms with van der Waals surface area (Å²) in [6.45, 7) is 1.80. The quantitative estimate of drug-likeness (QED) is 0.900. The van der Waals surface area contributed by atoms with Gasteiger partial charge >= 0.3 is 0 Å². The molecule has 7 heteroatoms. The predicted molar refractivity (Wildman–Crippen MR) is 74.1 cm³/mol. The van der Waals surface area contributed by atoms with E-state index in [-0.39, 0.29) is 6.54 Å². The number of halogens is 1. The van der Waals surface area contributed by atoms with Crippen LogP contribution >= 0.6 is 0 Å². The van der Waals surface area contributed by atoms with E-state index in [9.17, 15) is 12.8 Å². The summed E-state index contributed by atoms with van der Waals surface area (Å²) in [5, 5.41) is 0. The lowest BCUT2D eigenvalue weighted by molar-refractivity contribution is 0.569. The molecular weight excluding hydrogens is 281 g/mol. The molecule has 1 aromatic heterocycles. The van der Waals surface area contributed by atoms with E-state index in [4.69, 9.17) is 5.73 Å². The Bertz CT molecular complexity index is 732. The first-order valence-electron chi connectivity index (χ1n) is 5.87. The number of nitrogens with zero attached hydrogens (tertiary/aromatic N) is 1. The van der Waals surface area contributed by atoms with Crippen molar-refractivity contribution in [1.82, 2.24) is 4.98 Å². The van der Waals surface area contributed by atoms with Gasteiger partial charge in [-0.05, 0) is 36.8 Å². The second kappa shape index (κ2) is 5.56. The first kappa shape index (κ1) is 14.4. The van der Waals surface area contributed by atoms with Crippen LogP contribution in [0.1, 0.15) is 11.3 Å². The van der Waals surface area contributed by atoms with Crippen LogP contribution in [-0.4, -0.2) is 13.4 Å². The maximum absolute atomic E-state index is 13.8. The van der Waals surface area contributed by atoms with Crippen LogP contribution in [0.5, 0.6) is 0 Å². The molecule has 0 aliphatic heterocycles. The molecule has 5 nitrogen and oxygen atoms in total. The van der Waals surface area contributed by atoms with Crippen molar-refractivity contribution in [1.29, 1.82) is 0 Å². The number of benzene rings is 1. The van der Waals surface area contributed by atoms with Crippen molar-refractivity contribution in [3.8, 4) is 0 Å². The zero-order valence-corrected chi connectivity index (χ0v) is 11.6. The first-order chi connectivity index (χ1) is 9.44. The topological polar surface area (TPSA) is 85.1 Å². The fraction of sp³-hybridized carbons (Fsp3) is 0.154. The Hall–Kier alpha value is -1.99. The van der Waals surface area contributed by atoms with E-state index in [1.165, 1.54) is 12.1 Å². The number of rotatable bonds is 4.